The highest BCUT2D eigenvalue weighted by Gasteiger charge is 2.68. The average Bonchev–Trinajstić information content (AvgIpc) is 2.79. The highest BCUT2D eigenvalue weighted by molar-refractivity contribution is 5.91. The number of nitrogens with one attached hydrogen (secondary N) is 1. The zero-order chi connectivity index (χ0) is 15.2. The molecule has 2 aliphatic rings. The van der Waals surface area contributed by atoms with Gasteiger partial charge in [-0.15, -0.1) is 0 Å². The minimum absolute atomic E-state index is 0.0421. The van der Waals surface area contributed by atoms with E-state index < -0.39 is 5.54 Å². The quantitative estimate of drug-likeness (QED) is 0.797. The summed E-state index contributed by atoms with van der Waals surface area (Å²) in [5, 5.41) is 2.96. The topological polar surface area (TPSA) is 64.6 Å². The first-order valence-electron chi connectivity index (χ1n) is 7.17. The van der Waals surface area contributed by atoms with Gasteiger partial charge in [0.1, 0.15) is 5.54 Å². The normalized spacial score (nSPS) is 26.6. The molecule has 0 bridgehead atoms. The lowest BCUT2D eigenvalue weighted by Gasteiger charge is -2.35. The van der Waals surface area contributed by atoms with Crippen molar-refractivity contribution in [1.82, 2.24) is 5.32 Å². The maximum Gasteiger partial charge on any atom is 0.331 e. The molecule has 2 fully saturated rings. The predicted molar refractivity (Wildman–Crippen MR) is 74.0 cm³/mol. The van der Waals surface area contributed by atoms with E-state index in [1.165, 1.54) is 7.11 Å². The molecule has 1 saturated heterocycles. The molecule has 1 aliphatic carbocycles. The van der Waals surface area contributed by atoms with Gasteiger partial charge in [0.05, 0.1) is 7.11 Å². The van der Waals surface area contributed by atoms with Gasteiger partial charge in [-0.2, -0.15) is 0 Å². The third-order valence-electron chi connectivity index (χ3n) is 5.57. The fraction of sp³-hybridized carbons (Fsp3) is 0.867. The Hall–Kier alpha value is -1.10. The fourth-order valence-corrected chi connectivity index (χ4v) is 3.46. The Morgan fingerprint density at radius 3 is 2.00 bits per heavy atom. The van der Waals surface area contributed by atoms with Crippen LogP contribution in [0.3, 0.4) is 0 Å². The van der Waals surface area contributed by atoms with Gasteiger partial charge in [-0.05, 0) is 10.8 Å². The second-order valence-corrected chi connectivity index (χ2v) is 7.05. The van der Waals surface area contributed by atoms with Gasteiger partial charge >= 0.3 is 5.97 Å². The second-order valence-electron chi connectivity index (χ2n) is 7.05. The van der Waals surface area contributed by atoms with Crippen LogP contribution < -0.4 is 5.32 Å². The fourth-order valence-electron chi connectivity index (χ4n) is 3.46. The number of ether oxygens (including phenoxy) is 2. The molecule has 0 aromatic rings. The van der Waals surface area contributed by atoms with Crippen LogP contribution in [0.15, 0.2) is 0 Å². The summed E-state index contributed by atoms with van der Waals surface area (Å²) in [6, 6.07) is 0. The molecular weight excluding hydrogens is 258 g/mol. The second kappa shape index (κ2) is 4.72. The van der Waals surface area contributed by atoms with Crippen LogP contribution in [0.25, 0.3) is 0 Å². The molecule has 0 radical (unpaired) electrons. The molecule has 0 atom stereocenters. The van der Waals surface area contributed by atoms with Crippen LogP contribution in [0.2, 0.25) is 0 Å². The van der Waals surface area contributed by atoms with Crippen LogP contribution in [0, 0.1) is 16.7 Å². The van der Waals surface area contributed by atoms with Crippen LogP contribution in [0.4, 0.5) is 0 Å². The summed E-state index contributed by atoms with van der Waals surface area (Å²) in [5.41, 5.74) is -1.00. The van der Waals surface area contributed by atoms with E-state index in [1.807, 2.05) is 0 Å². The van der Waals surface area contributed by atoms with E-state index in [9.17, 15) is 9.59 Å². The lowest BCUT2D eigenvalue weighted by molar-refractivity contribution is -0.155. The summed E-state index contributed by atoms with van der Waals surface area (Å²) in [4.78, 5) is 24.7. The molecule has 1 saturated carbocycles. The number of carbonyl (C=O) groups is 2. The Kier molecular flexibility index (Phi) is 3.61. The maximum absolute atomic E-state index is 12.6. The van der Waals surface area contributed by atoms with Gasteiger partial charge in [0.2, 0.25) is 5.91 Å². The monoisotopic (exact) mass is 283 g/mol. The van der Waals surface area contributed by atoms with Crippen molar-refractivity contribution in [2.24, 2.45) is 16.7 Å². The number of hydrogen-bond acceptors (Lipinski definition) is 4. The largest absolute Gasteiger partial charge is 0.467 e. The van der Waals surface area contributed by atoms with Crippen molar-refractivity contribution < 1.29 is 19.1 Å². The summed E-state index contributed by atoms with van der Waals surface area (Å²) in [7, 11) is 1.36. The first-order chi connectivity index (χ1) is 9.19. The van der Waals surface area contributed by atoms with E-state index in [2.05, 4.69) is 33.0 Å². The van der Waals surface area contributed by atoms with E-state index in [4.69, 9.17) is 9.47 Å². The van der Waals surface area contributed by atoms with Crippen molar-refractivity contribution in [1.29, 1.82) is 0 Å². The van der Waals surface area contributed by atoms with E-state index in [-0.39, 0.29) is 28.6 Å². The van der Waals surface area contributed by atoms with Crippen LogP contribution in [0.1, 0.15) is 40.5 Å². The van der Waals surface area contributed by atoms with E-state index >= 15 is 0 Å². The highest BCUT2D eigenvalue weighted by Crippen LogP contribution is 2.68. The maximum atomic E-state index is 12.6. The third kappa shape index (κ3) is 2.12. The SMILES string of the molecule is COC(=O)C1(NC(=O)C2C(C)(C)C2(C)C)CCOCC1. The molecule has 1 N–H and O–H groups in total. The number of amides is 1. The summed E-state index contributed by atoms with van der Waals surface area (Å²) >= 11 is 0. The molecule has 0 spiro atoms. The molecule has 0 aromatic carbocycles. The van der Waals surface area contributed by atoms with Crippen LogP contribution >= 0.6 is 0 Å². The minimum Gasteiger partial charge on any atom is -0.467 e. The van der Waals surface area contributed by atoms with E-state index in [0.717, 1.165) is 0 Å². The predicted octanol–water partition coefficient (Wildman–Crippen LogP) is 1.51. The highest BCUT2D eigenvalue weighted by atomic mass is 16.5. The van der Waals surface area contributed by atoms with Gasteiger partial charge in [0.25, 0.3) is 0 Å². The van der Waals surface area contributed by atoms with Crippen molar-refractivity contribution in [2.75, 3.05) is 20.3 Å². The van der Waals surface area contributed by atoms with Gasteiger partial charge < -0.3 is 14.8 Å². The summed E-state index contributed by atoms with van der Waals surface area (Å²) in [5.74, 6) is -0.489. The molecule has 1 heterocycles. The van der Waals surface area contributed by atoms with Gasteiger partial charge in [-0.3, -0.25) is 4.79 Å². The minimum atomic E-state index is -0.918. The molecule has 20 heavy (non-hydrogen) atoms. The van der Waals surface area contributed by atoms with Crippen molar-refractivity contribution in [3.05, 3.63) is 0 Å². The first-order valence-corrected chi connectivity index (χ1v) is 7.17. The van der Waals surface area contributed by atoms with Gasteiger partial charge in [-0.1, -0.05) is 27.7 Å². The Morgan fingerprint density at radius 2 is 1.60 bits per heavy atom. The standard InChI is InChI=1S/C15H25NO4/c1-13(2)10(14(13,3)4)11(17)16-15(12(18)19-5)6-8-20-9-7-15/h10H,6-9H2,1-5H3,(H,16,17). The Balaban J connectivity index is 2.14. The molecule has 0 aromatic heterocycles. The number of rotatable bonds is 3. The smallest absolute Gasteiger partial charge is 0.331 e. The van der Waals surface area contributed by atoms with E-state index in [0.29, 0.717) is 26.1 Å². The summed E-state index contributed by atoms with van der Waals surface area (Å²) in [6.07, 6.45) is 0.942. The van der Waals surface area contributed by atoms with Crippen molar-refractivity contribution >= 4 is 11.9 Å². The average molecular weight is 283 g/mol. The molecule has 2 rings (SSSR count). The Morgan fingerprint density at radius 1 is 1.10 bits per heavy atom. The summed E-state index contributed by atoms with van der Waals surface area (Å²) in [6.45, 7) is 9.29. The number of carbonyl (C=O) groups excluding carboxylic acids is 2. The number of methoxy groups -OCH3 is 1. The van der Waals surface area contributed by atoms with Gasteiger partial charge in [0.15, 0.2) is 0 Å². The molecule has 0 unspecified atom stereocenters. The zero-order valence-corrected chi connectivity index (χ0v) is 13.0. The van der Waals surface area contributed by atoms with Crippen LogP contribution in [-0.4, -0.2) is 37.7 Å². The number of hydrogen-bond donors (Lipinski definition) is 1. The third-order valence-corrected chi connectivity index (χ3v) is 5.57. The van der Waals surface area contributed by atoms with Crippen molar-refractivity contribution in [3.8, 4) is 0 Å². The van der Waals surface area contributed by atoms with Crippen molar-refractivity contribution in [3.63, 3.8) is 0 Å². The lowest BCUT2D eigenvalue weighted by atomic mass is 9.89. The lowest BCUT2D eigenvalue weighted by Crippen LogP contribution is -2.58. The Labute approximate surface area is 120 Å². The molecule has 5 heteroatoms. The summed E-state index contributed by atoms with van der Waals surface area (Å²) < 4.78 is 10.2. The van der Waals surface area contributed by atoms with Gasteiger partial charge in [0, 0.05) is 32.0 Å². The number of esters is 1. The van der Waals surface area contributed by atoms with Crippen molar-refractivity contribution in [2.45, 2.75) is 46.1 Å². The van der Waals surface area contributed by atoms with Crippen LogP contribution in [-0.2, 0) is 19.1 Å². The van der Waals surface area contributed by atoms with Gasteiger partial charge in [-0.25, -0.2) is 4.79 Å². The molecule has 5 nitrogen and oxygen atoms in total. The molecule has 1 aliphatic heterocycles. The molecular formula is C15H25NO4. The Bertz CT molecular complexity index is 408. The van der Waals surface area contributed by atoms with Crippen LogP contribution in [0.5, 0.6) is 0 Å². The molecule has 1 amide bonds. The van der Waals surface area contributed by atoms with E-state index in [1.54, 1.807) is 0 Å². The molecule has 114 valence electrons. The first kappa shape index (κ1) is 15.3. The zero-order valence-electron chi connectivity index (χ0n) is 13.0.